The summed E-state index contributed by atoms with van der Waals surface area (Å²) in [5, 5.41) is 3.27. The van der Waals surface area contributed by atoms with E-state index in [0.29, 0.717) is 13.0 Å². The molecule has 0 radical (unpaired) electrons. The smallest absolute Gasteiger partial charge is 0.225 e. The largest absolute Gasteiger partial charge is 0.493 e. The van der Waals surface area contributed by atoms with E-state index in [4.69, 9.17) is 4.74 Å². The summed E-state index contributed by atoms with van der Waals surface area (Å²) in [5.41, 5.74) is 3.26. The van der Waals surface area contributed by atoms with Gasteiger partial charge in [0, 0.05) is 5.56 Å². The van der Waals surface area contributed by atoms with Gasteiger partial charge in [-0.3, -0.25) is 4.79 Å². The van der Waals surface area contributed by atoms with Crippen molar-refractivity contribution in [3.05, 3.63) is 102 Å². The Hall–Kier alpha value is -3.07. The zero-order chi connectivity index (χ0) is 26.0. The van der Waals surface area contributed by atoms with Gasteiger partial charge in [-0.15, -0.1) is 0 Å². The molecule has 0 aliphatic rings. The van der Waals surface area contributed by atoms with E-state index in [9.17, 15) is 4.79 Å². The molecule has 0 fully saturated rings. The van der Waals surface area contributed by atoms with Crippen molar-refractivity contribution in [2.45, 2.75) is 90.0 Å². The number of rotatable bonds is 18. The van der Waals surface area contributed by atoms with Crippen molar-refractivity contribution in [1.29, 1.82) is 0 Å². The van der Waals surface area contributed by atoms with E-state index in [-0.39, 0.29) is 11.9 Å². The molecule has 0 heterocycles. The highest BCUT2D eigenvalue weighted by Crippen LogP contribution is 2.22. The molecule has 3 aromatic rings. The highest BCUT2D eigenvalue weighted by Gasteiger charge is 2.17. The molecule has 0 saturated heterocycles. The number of carbonyl (C=O) groups excluding carboxylic acids is 1. The number of para-hydroxylation sites is 1. The summed E-state index contributed by atoms with van der Waals surface area (Å²) in [7, 11) is 0. The Morgan fingerprint density at radius 3 is 1.95 bits per heavy atom. The van der Waals surface area contributed by atoms with Gasteiger partial charge in [-0.05, 0) is 30.0 Å². The Labute approximate surface area is 224 Å². The van der Waals surface area contributed by atoms with Crippen molar-refractivity contribution < 1.29 is 9.53 Å². The second kappa shape index (κ2) is 17.4. The molecule has 3 aromatic carbocycles. The fourth-order valence-electron chi connectivity index (χ4n) is 4.77. The molecule has 37 heavy (non-hydrogen) atoms. The maximum absolute atomic E-state index is 13.1. The van der Waals surface area contributed by atoms with Gasteiger partial charge >= 0.3 is 0 Å². The first-order valence-corrected chi connectivity index (χ1v) is 14.3. The zero-order valence-electron chi connectivity index (χ0n) is 22.7. The van der Waals surface area contributed by atoms with Crippen LogP contribution in [0, 0.1) is 0 Å². The van der Waals surface area contributed by atoms with Crippen molar-refractivity contribution in [3.8, 4) is 5.75 Å². The van der Waals surface area contributed by atoms with Gasteiger partial charge in [0.1, 0.15) is 5.75 Å². The number of benzene rings is 3. The first-order chi connectivity index (χ1) is 18.3. The zero-order valence-corrected chi connectivity index (χ0v) is 22.7. The van der Waals surface area contributed by atoms with Crippen molar-refractivity contribution in [1.82, 2.24) is 5.32 Å². The normalized spacial score (nSPS) is 11.7. The molecule has 0 aliphatic carbocycles. The molecule has 3 rings (SSSR count). The number of hydrogen-bond donors (Lipinski definition) is 1. The van der Waals surface area contributed by atoms with Gasteiger partial charge in [-0.2, -0.15) is 0 Å². The molecule has 1 atom stereocenters. The third kappa shape index (κ3) is 11.2. The Bertz CT molecular complexity index is 1000. The van der Waals surface area contributed by atoms with E-state index in [1.165, 1.54) is 63.4 Å². The van der Waals surface area contributed by atoms with Crippen LogP contribution in [0.4, 0.5) is 0 Å². The van der Waals surface area contributed by atoms with E-state index in [1.807, 2.05) is 60.7 Å². The quantitative estimate of drug-likeness (QED) is 0.178. The van der Waals surface area contributed by atoms with Crippen molar-refractivity contribution in [2.24, 2.45) is 0 Å². The number of hydrogen-bond acceptors (Lipinski definition) is 2. The second-order valence-electron chi connectivity index (χ2n) is 10.0. The van der Waals surface area contributed by atoms with Crippen LogP contribution >= 0.6 is 0 Å². The third-order valence-electron chi connectivity index (χ3n) is 6.90. The Balaban J connectivity index is 1.44. The molecule has 198 valence electrons. The van der Waals surface area contributed by atoms with Crippen LogP contribution in [0.5, 0.6) is 5.75 Å². The van der Waals surface area contributed by atoms with E-state index < -0.39 is 0 Å². The molecule has 3 heteroatoms. The number of ether oxygens (including phenoxy) is 1. The van der Waals surface area contributed by atoms with Crippen molar-refractivity contribution >= 4 is 5.91 Å². The van der Waals surface area contributed by atoms with E-state index in [0.717, 1.165) is 29.7 Å². The molecular weight excluding hydrogens is 454 g/mol. The minimum Gasteiger partial charge on any atom is -0.493 e. The molecule has 0 aromatic heterocycles. The van der Waals surface area contributed by atoms with E-state index >= 15 is 0 Å². The Kier molecular flexibility index (Phi) is 13.4. The summed E-state index contributed by atoms with van der Waals surface area (Å²) < 4.78 is 6.12. The lowest BCUT2D eigenvalue weighted by Crippen LogP contribution is -2.31. The van der Waals surface area contributed by atoms with Crippen LogP contribution in [0.1, 0.15) is 93.9 Å². The molecular formula is C34H45NO2. The highest BCUT2D eigenvalue weighted by molar-refractivity contribution is 5.79. The number of nitrogens with one attached hydrogen (secondary N) is 1. The molecule has 1 amide bonds. The average molecular weight is 500 g/mol. The lowest BCUT2D eigenvalue weighted by molar-refractivity contribution is -0.121. The fourth-order valence-corrected chi connectivity index (χ4v) is 4.77. The summed E-state index contributed by atoms with van der Waals surface area (Å²) in [5.74, 6) is 0.840. The van der Waals surface area contributed by atoms with Crippen LogP contribution in [0.2, 0.25) is 0 Å². The molecule has 0 aliphatic heterocycles. The average Bonchev–Trinajstić information content (AvgIpc) is 2.93. The van der Waals surface area contributed by atoms with Gasteiger partial charge in [-0.1, -0.05) is 144 Å². The summed E-state index contributed by atoms with van der Waals surface area (Å²) >= 11 is 0. The monoisotopic (exact) mass is 499 g/mol. The minimum atomic E-state index is -0.0733. The van der Waals surface area contributed by atoms with Crippen molar-refractivity contribution in [3.63, 3.8) is 0 Å². The summed E-state index contributed by atoms with van der Waals surface area (Å²) in [4.78, 5) is 13.1. The summed E-state index contributed by atoms with van der Waals surface area (Å²) in [6, 6.07) is 28.4. The second-order valence-corrected chi connectivity index (χ2v) is 10.0. The van der Waals surface area contributed by atoms with Crippen LogP contribution in [0.3, 0.4) is 0 Å². The van der Waals surface area contributed by atoms with E-state index in [1.54, 1.807) is 0 Å². The molecule has 1 unspecified atom stereocenters. The lowest BCUT2D eigenvalue weighted by atomic mass is 9.98. The predicted molar refractivity (Wildman–Crippen MR) is 155 cm³/mol. The first kappa shape index (κ1) is 28.5. The summed E-state index contributed by atoms with van der Waals surface area (Å²) in [6.45, 7) is 2.97. The van der Waals surface area contributed by atoms with Crippen LogP contribution < -0.4 is 10.1 Å². The molecule has 1 N–H and O–H groups in total. The SMILES string of the molecule is CCCCCCCCCCCCOc1ccccc1CC(=O)NC(Cc1ccccc1)c1ccccc1. The number of unbranched alkanes of at least 4 members (excludes halogenated alkanes) is 9. The van der Waals surface area contributed by atoms with Crippen LogP contribution in [0.15, 0.2) is 84.9 Å². The van der Waals surface area contributed by atoms with Gasteiger partial charge in [0.25, 0.3) is 0 Å². The first-order valence-electron chi connectivity index (χ1n) is 14.3. The van der Waals surface area contributed by atoms with Gasteiger partial charge in [0.2, 0.25) is 5.91 Å². The molecule has 0 spiro atoms. The van der Waals surface area contributed by atoms with Gasteiger partial charge in [0.05, 0.1) is 19.1 Å². The van der Waals surface area contributed by atoms with Gasteiger partial charge in [0.15, 0.2) is 0 Å². The molecule has 3 nitrogen and oxygen atoms in total. The predicted octanol–water partition coefficient (Wildman–Crippen LogP) is 8.63. The standard InChI is InChI=1S/C34H45NO2/c1-2-3-4-5-6-7-8-9-10-19-26-37-33-25-18-17-24-31(33)28-34(36)35-32(30-22-15-12-16-23-30)27-29-20-13-11-14-21-29/h11-18,20-25,32H,2-10,19,26-28H2,1H3,(H,35,36). The maximum Gasteiger partial charge on any atom is 0.225 e. The van der Waals surface area contributed by atoms with Gasteiger partial charge < -0.3 is 10.1 Å². The molecule has 0 bridgehead atoms. The number of carbonyl (C=O) groups is 1. The van der Waals surface area contributed by atoms with Gasteiger partial charge in [-0.25, -0.2) is 0 Å². The fraction of sp³-hybridized carbons (Fsp3) is 0.441. The van der Waals surface area contributed by atoms with E-state index in [2.05, 4.69) is 36.5 Å². The molecule has 0 saturated carbocycles. The maximum atomic E-state index is 13.1. The van der Waals surface area contributed by atoms with Crippen LogP contribution in [0.25, 0.3) is 0 Å². The summed E-state index contributed by atoms with van der Waals surface area (Å²) in [6.07, 6.45) is 14.1. The Morgan fingerprint density at radius 2 is 1.27 bits per heavy atom. The Morgan fingerprint density at radius 1 is 0.703 bits per heavy atom. The lowest BCUT2D eigenvalue weighted by Gasteiger charge is -2.20. The third-order valence-corrected chi connectivity index (χ3v) is 6.90. The van der Waals surface area contributed by atoms with Crippen LogP contribution in [-0.4, -0.2) is 12.5 Å². The highest BCUT2D eigenvalue weighted by atomic mass is 16.5. The minimum absolute atomic E-state index is 0.0137. The van der Waals surface area contributed by atoms with Crippen molar-refractivity contribution in [2.75, 3.05) is 6.61 Å². The number of amides is 1. The van der Waals surface area contributed by atoms with Crippen LogP contribution in [-0.2, 0) is 17.6 Å². The topological polar surface area (TPSA) is 38.3 Å².